The summed E-state index contributed by atoms with van der Waals surface area (Å²) >= 11 is 0. The number of carbonyl (C=O) groups is 3. The highest BCUT2D eigenvalue weighted by molar-refractivity contribution is 5.94. The largest absolute Gasteiger partial charge is 0.513 e. The first-order valence-electron chi connectivity index (χ1n) is 8.32. The SMILES string of the molecule is CCOC(=O)Oc1ccc(C(=O)NCCNC(=O)Oc2ccccc2)cc1. The number of rotatable bonds is 7. The van der Waals surface area contributed by atoms with Crippen LogP contribution < -0.4 is 20.1 Å². The monoisotopic (exact) mass is 372 g/mol. The van der Waals surface area contributed by atoms with E-state index in [2.05, 4.69) is 15.4 Å². The van der Waals surface area contributed by atoms with Crippen molar-refractivity contribution in [3.05, 3.63) is 60.2 Å². The molecule has 0 bridgehead atoms. The van der Waals surface area contributed by atoms with Gasteiger partial charge in [-0.05, 0) is 43.3 Å². The van der Waals surface area contributed by atoms with Crippen molar-refractivity contribution in [3.8, 4) is 11.5 Å². The zero-order valence-electron chi connectivity index (χ0n) is 14.8. The van der Waals surface area contributed by atoms with E-state index in [-0.39, 0.29) is 31.4 Å². The lowest BCUT2D eigenvalue weighted by Crippen LogP contribution is -2.36. The molecule has 2 N–H and O–H groups in total. The number of amides is 2. The molecule has 2 amide bonds. The molecule has 0 saturated carbocycles. The molecule has 0 aliphatic carbocycles. The third kappa shape index (κ3) is 7.07. The van der Waals surface area contributed by atoms with Gasteiger partial charge >= 0.3 is 12.2 Å². The fourth-order valence-corrected chi connectivity index (χ4v) is 1.99. The summed E-state index contributed by atoms with van der Waals surface area (Å²) < 4.78 is 14.6. The van der Waals surface area contributed by atoms with E-state index in [1.165, 1.54) is 24.3 Å². The van der Waals surface area contributed by atoms with Gasteiger partial charge in [0.25, 0.3) is 5.91 Å². The lowest BCUT2D eigenvalue weighted by atomic mass is 10.2. The Morgan fingerprint density at radius 2 is 1.44 bits per heavy atom. The van der Waals surface area contributed by atoms with Crippen LogP contribution in [0.4, 0.5) is 9.59 Å². The van der Waals surface area contributed by atoms with E-state index >= 15 is 0 Å². The molecule has 8 nitrogen and oxygen atoms in total. The predicted molar refractivity (Wildman–Crippen MR) is 96.9 cm³/mol. The van der Waals surface area contributed by atoms with Gasteiger partial charge < -0.3 is 24.8 Å². The number of carbonyl (C=O) groups excluding carboxylic acids is 3. The summed E-state index contributed by atoms with van der Waals surface area (Å²) in [4.78, 5) is 34.8. The number of hydrogen-bond acceptors (Lipinski definition) is 6. The first-order valence-corrected chi connectivity index (χ1v) is 8.32. The van der Waals surface area contributed by atoms with Crippen molar-refractivity contribution in [1.82, 2.24) is 10.6 Å². The number of nitrogens with one attached hydrogen (secondary N) is 2. The summed E-state index contributed by atoms with van der Waals surface area (Å²) in [5.74, 6) is 0.385. The molecule has 0 spiro atoms. The second kappa shape index (κ2) is 10.4. The zero-order chi connectivity index (χ0) is 19.5. The highest BCUT2D eigenvalue weighted by Gasteiger charge is 2.08. The zero-order valence-corrected chi connectivity index (χ0v) is 14.8. The lowest BCUT2D eigenvalue weighted by Gasteiger charge is -2.08. The Bertz CT molecular complexity index is 762. The summed E-state index contributed by atoms with van der Waals surface area (Å²) in [6.07, 6.45) is -1.40. The molecule has 27 heavy (non-hydrogen) atoms. The maximum atomic E-state index is 12.0. The Hall–Kier alpha value is -3.55. The molecule has 142 valence electrons. The van der Waals surface area contributed by atoms with E-state index < -0.39 is 12.2 Å². The molecule has 0 heterocycles. The Morgan fingerprint density at radius 1 is 0.815 bits per heavy atom. The lowest BCUT2D eigenvalue weighted by molar-refractivity contribution is 0.0953. The molecule has 0 saturated heterocycles. The van der Waals surface area contributed by atoms with Crippen molar-refractivity contribution in [3.63, 3.8) is 0 Å². The third-order valence-electron chi connectivity index (χ3n) is 3.21. The summed E-state index contributed by atoms with van der Waals surface area (Å²) in [6, 6.07) is 14.7. The fraction of sp³-hybridized carbons (Fsp3) is 0.211. The summed E-state index contributed by atoms with van der Waals surface area (Å²) in [5, 5.41) is 5.19. The van der Waals surface area contributed by atoms with Crippen LogP contribution in [0.5, 0.6) is 11.5 Å². The summed E-state index contributed by atoms with van der Waals surface area (Å²) in [5.41, 5.74) is 0.387. The molecular formula is C19H20N2O6. The van der Waals surface area contributed by atoms with Gasteiger partial charge in [0.1, 0.15) is 11.5 Å². The molecule has 2 aromatic rings. The maximum absolute atomic E-state index is 12.0. The van der Waals surface area contributed by atoms with Crippen molar-refractivity contribution in [2.24, 2.45) is 0 Å². The van der Waals surface area contributed by atoms with Crippen LogP contribution in [0.1, 0.15) is 17.3 Å². The molecule has 0 aliphatic heterocycles. The van der Waals surface area contributed by atoms with Gasteiger partial charge in [0.2, 0.25) is 0 Å². The second-order valence-electron chi connectivity index (χ2n) is 5.19. The maximum Gasteiger partial charge on any atom is 0.513 e. The van der Waals surface area contributed by atoms with Gasteiger partial charge in [-0.3, -0.25) is 4.79 Å². The Balaban J connectivity index is 1.69. The number of para-hydroxylation sites is 1. The molecule has 0 atom stereocenters. The minimum Gasteiger partial charge on any atom is -0.434 e. The van der Waals surface area contributed by atoms with Gasteiger partial charge in [0, 0.05) is 18.7 Å². The molecule has 0 unspecified atom stereocenters. The minimum atomic E-state index is -0.803. The molecule has 8 heteroatoms. The first kappa shape index (κ1) is 19.8. The van der Waals surface area contributed by atoms with Crippen LogP contribution in [-0.2, 0) is 4.74 Å². The molecular weight excluding hydrogens is 352 g/mol. The Morgan fingerprint density at radius 3 is 2.11 bits per heavy atom. The molecule has 2 aromatic carbocycles. The quantitative estimate of drug-likeness (QED) is 0.440. The number of ether oxygens (including phenoxy) is 3. The average Bonchev–Trinajstić information content (AvgIpc) is 2.66. The van der Waals surface area contributed by atoms with Crippen molar-refractivity contribution in [2.45, 2.75) is 6.92 Å². The molecule has 0 aromatic heterocycles. The van der Waals surface area contributed by atoms with Gasteiger partial charge in [-0.2, -0.15) is 0 Å². The summed E-state index contributed by atoms with van der Waals surface area (Å²) in [6.45, 7) is 2.32. The van der Waals surface area contributed by atoms with E-state index in [4.69, 9.17) is 9.47 Å². The predicted octanol–water partition coefficient (Wildman–Crippen LogP) is 2.74. The minimum absolute atomic E-state index is 0.210. The molecule has 2 rings (SSSR count). The van der Waals surface area contributed by atoms with Gasteiger partial charge in [-0.15, -0.1) is 0 Å². The number of hydrogen-bond donors (Lipinski definition) is 2. The highest BCUT2D eigenvalue weighted by atomic mass is 16.7. The van der Waals surface area contributed by atoms with Crippen LogP contribution in [0.3, 0.4) is 0 Å². The van der Waals surface area contributed by atoms with Gasteiger partial charge in [0.15, 0.2) is 0 Å². The van der Waals surface area contributed by atoms with E-state index in [1.807, 2.05) is 6.07 Å². The second-order valence-corrected chi connectivity index (χ2v) is 5.19. The van der Waals surface area contributed by atoms with E-state index in [0.29, 0.717) is 11.3 Å². The Kier molecular flexibility index (Phi) is 7.65. The smallest absolute Gasteiger partial charge is 0.434 e. The van der Waals surface area contributed by atoms with Crippen molar-refractivity contribution < 1.29 is 28.6 Å². The summed E-state index contributed by atoms with van der Waals surface area (Å²) in [7, 11) is 0. The van der Waals surface area contributed by atoms with E-state index in [1.54, 1.807) is 31.2 Å². The molecule has 0 fully saturated rings. The normalized spacial score (nSPS) is 9.81. The van der Waals surface area contributed by atoms with Crippen molar-refractivity contribution in [2.75, 3.05) is 19.7 Å². The van der Waals surface area contributed by atoms with Crippen LogP contribution in [0.15, 0.2) is 54.6 Å². The van der Waals surface area contributed by atoms with E-state index in [0.717, 1.165) is 0 Å². The first-order chi connectivity index (χ1) is 13.1. The van der Waals surface area contributed by atoms with Crippen LogP contribution >= 0.6 is 0 Å². The van der Waals surface area contributed by atoms with Gasteiger partial charge in [0.05, 0.1) is 6.61 Å². The van der Waals surface area contributed by atoms with Crippen LogP contribution in [0.25, 0.3) is 0 Å². The van der Waals surface area contributed by atoms with Crippen LogP contribution in [-0.4, -0.2) is 37.9 Å². The van der Waals surface area contributed by atoms with Crippen LogP contribution in [0.2, 0.25) is 0 Å². The topological polar surface area (TPSA) is 103 Å². The Labute approximate surface area is 156 Å². The van der Waals surface area contributed by atoms with Crippen molar-refractivity contribution >= 4 is 18.2 Å². The van der Waals surface area contributed by atoms with Crippen LogP contribution in [0, 0.1) is 0 Å². The molecule has 0 aliphatic rings. The fourth-order valence-electron chi connectivity index (χ4n) is 1.99. The average molecular weight is 372 g/mol. The van der Waals surface area contributed by atoms with Gasteiger partial charge in [-0.25, -0.2) is 9.59 Å². The standard InChI is InChI=1S/C19H20N2O6/c1-2-25-19(24)27-16-10-8-14(9-11-16)17(22)20-12-13-21-18(23)26-15-6-4-3-5-7-15/h3-11H,2,12-13H2,1H3,(H,20,22)(H,21,23). The van der Waals surface area contributed by atoms with Crippen molar-refractivity contribution in [1.29, 1.82) is 0 Å². The van der Waals surface area contributed by atoms with E-state index in [9.17, 15) is 14.4 Å². The molecule has 0 radical (unpaired) electrons. The van der Waals surface area contributed by atoms with Gasteiger partial charge in [-0.1, -0.05) is 18.2 Å². The highest BCUT2D eigenvalue weighted by Crippen LogP contribution is 2.13. The number of benzene rings is 2. The third-order valence-corrected chi connectivity index (χ3v) is 3.21.